The maximum absolute atomic E-state index is 2.00. The second kappa shape index (κ2) is 56.3. The first-order chi connectivity index (χ1) is 12.0. The average Bonchev–Trinajstić information content (AvgIpc) is 2.77. The molecule has 0 aliphatic carbocycles. The number of hydrogen-bond donors (Lipinski definition) is 0. The van der Waals surface area contributed by atoms with Crippen LogP contribution in [0.3, 0.4) is 0 Å². The van der Waals surface area contributed by atoms with Gasteiger partial charge >= 0.3 is 0 Å². The van der Waals surface area contributed by atoms with Gasteiger partial charge < -0.3 is 0 Å². The summed E-state index contributed by atoms with van der Waals surface area (Å²) in [6.45, 7) is 12.0. The van der Waals surface area contributed by atoms with E-state index in [1.54, 1.807) is 0 Å². The lowest BCUT2D eigenvalue weighted by molar-refractivity contribution is 1.50. The molecule has 0 aliphatic rings. The summed E-state index contributed by atoms with van der Waals surface area (Å²) in [4.78, 5) is 0. The van der Waals surface area contributed by atoms with Crippen molar-refractivity contribution in [3.05, 3.63) is 109 Å². The van der Waals surface area contributed by atoms with Crippen molar-refractivity contribution in [2.45, 2.75) is 56.4 Å². The van der Waals surface area contributed by atoms with E-state index < -0.39 is 0 Å². The molecule has 0 fully saturated rings. The van der Waals surface area contributed by atoms with Crippen LogP contribution < -0.4 is 0 Å². The molecule has 0 spiro atoms. The highest BCUT2D eigenvalue weighted by atomic mass is 13.7. The van der Waals surface area contributed by atoms with Gasteiger partial charge in [-0.25, -0.2) is 0 Å². The second-order valence-electron chi connectivity index (χ2n) is 3.46. The summed E-state index contributed by atoms with van der Waals surface area (Å²) in [7, 11) is 0. The van der Waals surface area contributed by atoms with E-state index in [4.69, 9.17) is 0 Å². The van der Waals surface area contributed by atoms with Gasteiger partial charge in [-0.2, -0.15) is 0 Å². The van der Waals surface area contributed by atoms with Crippen molar-refractivity contribution < 1.29 is 0 Å². The van der Waals surface area contributed by atoms with Gasteiger partial charge in [0.25, 0.3) is 0 Å². The van der Waals surface area contributed by atoms with Crippen LogP contribution in [0.1, 0.15) is 56.4 Å². The topological polar surface area (TPSA) is 0 Å². The van der Waals surface area contributed by atoms with Crippen molar-refractivity contribution >= 4 is 16.8 Å². The van der Waals surface area contributed by atoms with Gasteiger partial charge in [0.1, 0.15) is 0 Å². The highest BCUT2D eigenvalue weighted by Gasteiger charge is 1.59. The van der Waals surface area contributed by atoms with Gasteiger partial charge in [0, 0.05) is 16.8 Å². The minimum Gasteiger partial charge on any atom is -0.0776 e. The van der Waals surface area contributed by atoms with Crippen LogP contribution in [0.2, 0.25) is 0 Å². The molecule has 0 N–H and O–H groups in total. The van der Waals surface area contributed by atoms with Crippen LogP contribution in [0, 0.1) is 0 Å². The molecule has 0 saturated heterocycles. The zero-order valence-corrected chi connectivity index (χ0v) is 17.5. The first-order valence-electron chi connectivity index (χ1n) is 9.00. The molecule has 0 amide bonds. The van der Waals surface area contributed by atoms with Crippen LogP contribution >= 0.6 is 0 Å². The standard InChI is InChI=1S/3C6H6.3C2H6.2CH4.2B/c3*1-2-4-6-5-3-1;3*1-2;;;;/h3*1-6H;3*1-2H3;2*1H4;;. The van der Waals surface area contributed by atoms with E-state index in [-0.39, 0.29) is 31.7 Å². The van der Waals surface area contributed by atoms with E-state index in [1.807, 2.05) is 151 Å². The van der Waals surface area contributed by atoms with E-state index in [0.717, 1.165) is 0 Å². The Labute approximate surface area is 182 Å². The molecule has 0 bridgehead atoms. The fourth-order valence-corrected chi connectivity index (χ4v) is 1.15. The first kappa shape index (κ1) is 44.9. The molecular weight excluding hydrogens is 334 g/mol. The molecule has 0 aromatic heterocycles. The Bertz CT molecular complexity index is 301. The van der Waals surface area contributed by atoms with Crippen molar-refractivity contribution in [1.82, 2.24) is 0 Å². The van der Waals surface area contributed by atoms with Crippen LogP contribution in [0.5, 0.6) is 0 Å². The van der Waals surface area contributed by atoms with Gasteiger partial charge in [-0.3, -0.25) is 0 Å². The molecule has 0 aliphatic heterocycles. The smallest absolute Gasteiger partial charge is 0 e. The molecule has 0 heterocycles. The van der Waals surface area contributed by atoms with E-state index in [2.05, 4.69) is 0 Å². The third kappa shape index (κ3) is 49.6. The van der Waals surface area contributed by atoms with E-state index >= 15 is 0 Å². The fourth-order valence-electron chi connectivity index (χ4n) is 1.15. The Hall–Kier alpha value is -2.21. The molecule has 6 radical (unpaired) electrons. The monoisotopic (exact) mass is 378 g/mol. The Morgan fingerprint density at radius 3 is 0.286 bits per heavy atom. The van der Waals surface area contributed by atoms with Crippen LogP contribution in [0.4, 0.5) is 0 Å². The van der Waals surface area contributed by atoms with Gasteiger partial charge in [-0.05, 0) is 0 Å². The molecule has 28 heavy (non-hydrogen) atoms. The largest absolute Gasteiger partial charge is 0.0776 e. The predicted molar refractivity (Wildman–Crippen MR) is 138 cm³/mol. The van der Waals surface area contributed by atoms with Gasteiger partial charge in [0.2, 0.25) is 0 Å². The van der Waals surface area contributed by atoms with Gasteiger partial charge in [0.15, 0.2) is 0 Å². The van der Waals surface area contributed by atoms with Crippen LogP contribution in [-0.2, 0) is 0 Å². The SMILES string of the molecule is C.C.CC.CC.CC.[B].[B].c1ccccc1.c1ccccc1.c1ccccc1. The van der Waals surface area contributed by atoms with Crippen LogP contribution in [-0.4, -0.2) is 16.8 Å². The summed E-state index contributed by atoms with van der Waals surface area (Å²) in [6.07, 6.45) is 0. The normalized spacial score (nSPS) is 5.79. The molecule has 3 rings (SSSR count). The second-order valence-corrected chi connectivity index (χ2v) is 3.46. The zero-order chi connectivity index (χ0) is 18.7. The van der Waals surface area contributed by atoms with Crippen LogP contribution in [0.15, 0.2) is 109 Å². The van der Waals surface area contributed by atoms with Crippen molar-refractivity contribution in [2.75, 3.05) is 0 Å². The maximum Gasteiger partial charge on any atom is 0 e. The molecule has 2 heteroatoms. The van der Waals surface area contributed by atoms with Crippen molar-refractivity contribution in [1.29, 1.82) is 0 Å². The third-order valence-electron chi connectivity index (χ3n) is 2.00. The van der Waals surface area contributed by atoms with Gasteiger partial charge in [-0.15, -0.1) is 0 Å². The Morgan fingerprint density at radius 1 is 0.214 bits per heavy atom. The van der Waals surface area contributed by atoms with E-state index in [9.17, 15) is 0 Å². The number of benzene rings is 3. The first-order valence-corrected chi connectivity index (χ1v) is 9.00. The summed E-state index contributed by atoms with van der Waals surface area (Å²) in [5, 5.41) is 0. The number of rotatable bonds is 0. The lowest BCUT2D eigenvalue weighted by atomic mass is 10.4. The van der Waals surface area contributed by atoms with Gasteiger partial charge in [-0.1, -0.05) is 166 Å². The Balaban J connectivity index is -0.0000000392. The predicted octanol–water partition coefficient (Wildman–Crippen LogP) is 8.65. The average molecular weight is 378 g/mol. The molecule has 154 valence electrons. The molecule has 0 saturated carbocycles. The lowest BCUT2D eigenvalue weighted by Gasteiger charge is -1.69. The minimum atomic E-state index is 0. The molecular formula is C26H44B2. The fraction of sp³-hybridized carbons (Fsp3) is 0.308. The molecule has 0 unspecified atom stereocenters. The number of hydrogen-bond acceptors (Lipinski definition) is 0. The summed E-state index contributed by atoms with van der Waals surface area (Å²) in [5.74, 6) is 0. The molecule has 0 atom stereocenters. The van der Waals surface area contributed by atoms with E-state index in [0.29, 0.717) is 0 Å². The van der Waals surface area contributed by atoms with Crippen molar-refractivity contribution in [3.8, 4) is 0 Å². The highest BCUT2D eigenvalue weighted by molar-refractivity contribution is 5.76. The summed E-state index contributed by atoms with van der Waals surface area (Å²) in [5.41, 5.74) is 0. The Morgan fingerprint density at radius 2 is 0.250 bits per heavy atom. The summed E-state index contributed by atoms with van der Waals surface area (Å²) >= 11 is 0. The van der Waals surface area contributed by atoms with Gasteiger partial charge in [0.05, 0.1) is 0 Å². The molecule has 3 aromatic carbocycles. The minimum absolute atomic E-state index is 0. The third-order valence-corrected chi connectivity index (χ3v) is 2.00. The maximum atomic E-state index is 2.00. The van der Waals surface area contributed by atoms with Crippen LogP contribution in [0.25, 0.3) is 0 Å². The van der Waals surface area contributed by atoms with Crippen molar-refractivity contribution in [3.63, 3.8) is 0 Å². The lowest BCUT2D eigenvalue weighted by Crippen LogP contribution is -1.47. The molecule has 0 nitrogen and oxygen atoms in total. The summed E-state index contributed by atoms with van der Waals surface area (Å²) < 4.78 is 0. The summed E-state index contributed by atoms with van der Waals surface area (Å²) in [6, 6.07) is 36.0. The van der Waals surface area contributed by atoms with E-state index in [1.165, 1.54) is 0 Å². The molecule has 3 aromatic rings. The zero-order valence-electron chi connectivity index (χ0n) is 17.5. The van der Waals surface area contributed by atoms with Crippen molar-refractivity contribution in [2.24, 2.45) is 0 Å². The highest BCUT2D eigenvalue weighted by Crippen LogP contribution is 1.81. The Kier molecular flexibility index (Phi) is 90.2. The quantitative estimate of drug-likeness (QED) is 0.343.